The first-order valence-electron chi connectivity index (χ1n) is 7.97. The van der Waals surface area contributed by atoms with Crippen molar-refractivity contribution in [1.82, 2.24) is 8.96 Å². The molecule has 1 heterocycles. The maximum Gasteiger partial charge on any atom is 0.241 e. The molecular formula is C17H20N2O3S. The van der Waals surface area contributed by atoms with Crippen molar-refractivity contribution in [2.75, 3.05) is 5.75 Å². The van der Waals surface area contributed by atoms with Crippen LogP contribution >= 0.6 is 0 Å². The van der Waals surface area contributed by atoms with Crippen LogP contribution in [0.3, 0.4) is 0 Å². The van der Waals surface area contributed by atoms with E-state index in [9.17, 15) is 13.2 Å². The molecule has 2 aliphatic rings. The van der Waals surface area contributed by atoms with Crippen LogP contribution in [0, 0.1) is 16.7 Å². The van der Waals surface area contributed by atoms with E-state index in [0.29, 0.717) is 29.8 Å². The third-order valence-electron chi connectivity index (χ3n) is 6.29. The number of benzene rings is 1. The van der Waals surface area contributed by atoms with Gasteiger partial charge in [0.25, 0.3) is 0 Å². The lowest BCUT2D eigenvalue weighted by Gasteiger charge is -2.36. The first-order valence-corrected chi connectivity index (χ1v) is 9.57. The van der Waals surface area contributed by atoms with E-state index in [4.69, 9.17) is 0 Å². The minimum atomic E-state index is -3.64. The Labute approximate surface area is 135 Å². The Hall–Kier alpha value is -1.69. The SMILES string of the molecule is CC1(C)[C@H]2CC[C@]1(CS(=O)(=O)n1cnc3ccccc31)C(=O)C2. The van der Waals surface area contributed by atoms with Gasteiger partial charge < -0.3 is 0 Å². The van der Waals surface area contributed by atoms with Crippen molar-refractivity contribution in [2.24, 2.45) is 16.7 Å². The Morgan fingerprint density at radius 1 is 1.30 bits per heavy atom. The second kappa shape index (κ2) is 4.44. The fourth-order valence-electron chi connectivity index (χ4n) is 4.65. The van der Waals surface area contributed by atoms with Gasteiger partial charge in [0.1, 0.15) is 12.1 Å². The van der Waals surface area contributed by atoms with Crippen LogP contribution in [0.2, 0.25) is 0 Å². The van der Waals surface area contributed by atoms with Crippen LogP contribution < -0.4 is 0 Å². The molecule has 0 N–H and O–H groups in total. The average molecular weight is 332 g/mol. The van der Waals surface area contributed by atoms with Gasteiger partial charge in [0.15, 0.2) is 0 Å². The van der Waals surface area contributed by atoms with E-state index in [-0.39, 0.29) is 17.0 Å². The van der Waals surface area contributed by atoms with Gasteiger partial charge in [0.05, 0.1) is 22.2 Å². The predicted molar refractivity (Wildman–Crippen MR) is 87.5 cm³/mol. The smallest absolute Gasteiger partial charge is 0.241 e. The topological polar surface area (TPSA) is 69.0 Å². The summed E-state index contributed by atoms with van der Waals surface area (Å²) in [5, 5.41) is 0. The third-order valence-corrected chi connectivity index (χ3v) is 8.04. The molecule has 1 aromatic heterocycles. The number of hydrogen-bond donors (Lipinski definition) is 0. The number of Topliss-reactive ketones (excluding diaryl/α,β-unsaturated/α-hetero) is 1. The number of aromatic nitrogens is 2. The summed E-state index contributed by atoms with van der Waals surface area (Å²) in [6, 6.07) is 7.16. The summed E-state index contributed by atoms with van der Waals surface area (Å²) in [6.07, 6.45) is 3.50. The average Bonchev–Trinajstić information content (AvgIpc) is 3.07. The number of imidazole rings is 1. The molecule has 4 rings (SSSR count). The van der Waals surface area contributed by atoms with Crippen molar-refractivity contribution in [1.29, 1.82) is 0 Å². The predicted octanol–water partition coefficient (Wildman–Crippen LogP) is 2.61. The molecule has 2 bridgehead atoms. The molecule has 0 aliphatic heterocycles. The van der Waals surface area contributed by atoms with Gasteiger partial charge in [-0.3, -0.25) is 4.79 Å². The molecular weight excluding hydrogens is 312 g/mol. The molecule has 1 aromatic carbocycles. The minimum absolute atomic E-state index is 0.117. The molecule has 2 saturated carbocycles. The molecule has 0 unspecified atom stereocenters. The highest BCUT2D eigenvalue weighted by molar-refractivity contribution is 7.90. The maximum absolute atomic E-state index is 13.0. The summed E-state index contributed by atoms with van der Waals surface area (Å²) in [4.78, 5) is 16.8. The van der Waals surface area contributed by atoms with E-state index in [0.717, 1.165) is 6.42 Å². The van der Waals surface area contributed by atoms with Gasteiger partial charge in [-0.1, -0.05) is 26.0 Å². The zero-order valence-electron chi connectivity index (χ0n) is 13.3. The van der Waals surface area contributed by atoms with E-state index in [1.807, 2.05) is 6.07 Å². The highest BCUT2D eigenvalue weighted by atomic mass is 32.2. The van der Waals surface area contributed by atoms with E-state index < -0.39 is 15.4 Å². The molecule has 2 aliphatic carbocycles. The van der Waals surface area contributed by atoms with E-state index in [2.05, 4.69) is 18.8 Å². The first-order chi connectivity index (χ1) is 10.8. The normalized spacial score (nSPS) is 29.5. The van der Waals surface area contributed by atoms with Gasteiger partial charge in [-0.25, -0.2) is 17.4 Å². The Morgan fingerprint density at radius 2 is 2.04 bits per heavy atom. The number of ketones is 1. The molecule has 2 fully saturated rings. The minimum Gasteiger partial charge on any atom is -0.299 e. The van der Waals surface area contributed by atoms with Crippen LogP contribution in [0.5, 0.6) is 0 Å². The fourth-order valence-corrected chi connectivity index (χ4v) is 6.73. The molecule has 23 heavy (non-hydrogen) atoms. The lowest BCUT2D eigenvalue weighted by Crippen LogP contribution is -2.43. The van der Waals surface area contributed by atoms with Crippen molar-refractivity contribution in [3.05, 3.63) is 30.6 Å². The Kier molecular flexibility index (Phi) is 2.87. The van der Waals surface area contributed by atoms with Crippen LogP contribution in [-0.4, -0.2) is 28.9 Å². The second-order valence-corrected chi connectivity index (χ2v) is 9.30. The number of para-hydroxylation sites is 2. The molecule has 5 nitrogen and oxygen atoms in total. The van der Waals surface area contributed by atoms with Gasteiger partial charge in [0, 0.05) is 6.42 Å². The largest absolute Gasteiger partial charge is 0.299 e. The Morgan fingerprint density at radius 3 is 2.70 bits per heavy atom. The quantitative estimate of drug-likeness (QED) is 0.866. The number of carbonyl (C=O) groups is 1. The van der Waals surface area contributed by atoms with Crippen molar-refractivity contribution in [3.63, 3.8) is 0 Å². The van der Waals surface area contributed by atoms with Crippen LogP contribution in [0.25, 0.3) is 11.0 Å². The maximum atomic E-state index is 13.0. The zero-order valence-corrected chi connectivity index (χ0v) is 14.1. The number of fused-ring (bicyclic) bond motifs is 3. The summed E-state index contributed by atoms with van der Waals surface area (Å²) >= 11 is 0. The Balaban J connectivity index is 1.80. The molecule has 2 atom stereocenters. The van der Waals surface area contributed by atoms with Crippen molar-refractivity contribution in [2.45, 2.75) is 33.1 Å². The van der Waals surface area contributed by atoms with Gasteiger partial charge in [-0.2, -0.15) is 0 Å². The number of hydrogen-bond acceptors (Lipinski definition) is 4. The van der Waals surface area contributed by atoms with Gasteiger partial charge in [-0.15, -0.1) is 0 Å². The molecule has 0 saturated heterocycles. The number of rotatable bonds is 3. The number of nitrogens with zero attached hydrogens (tertiary/aromatic N) is 2. The fraction of sp³-hybridized carbons (Fsp3) is 0.529. The van der Waals surface area contributed by atoms with E-state index in [1.54, 1.807) is 18.2 Å². The molecule has 6 heteroatoms. The summed E-state index contributed by atoms with van der Waals surface area (Å²) in [5.41, 5.74) is 0.215. The van der Waals surface area contributed by atoms with Crippen LogP contribution in [0.1, 0.15) is 33.1 Å². The van der Waals surface area contributed by atoms with Gasteiger partial charge >= 0.3 is 0 Å². The molecule has 0 amide bonds. The second-order valence-electron chi connectivity index (χ2n) is 7.45. The van der Waals surface area contributed by atoms with Crippen LogP contribution in [-0.2, 0) is 14.8 Å². The van der Waals surface area contributed by atoms with E-state index in [1.165, 1.54) is 10.3 Å². The first kappa shape index (κ1) is 14.9. The van der Waals surface area contributed by atoms with Crippen molar-refractivity contribution >= 4 is 26.8 Å². The number of carbonyl (C=O) groups excluding carboxylic acids is 1. The van der Waals surface area contributed by atoms with Crippen LogP contribution in [0.4, 0.5) is 0 Å². The summed E-state index contributed by atoms with van der Waals surface area (Å²) in [5.74, 6) is 0.305. The summed E-state index contributed by atoms with van der Waals surface area (Å²) in [7, 11) is -3.64. The molecule has 0 spiro atoms. The van der Waals surface area contributed by atoms with Gasteiger partial charge in [-0.05, 0) is 36.3 Å². The highest BCUT2D eigenvalue weighted by Crippen LogP contribution is 2.64. The third kappa shape index (κ3) is 1.81. The highest BCUT2D eigenvalue weighted by Gasteiger charge is 2.65. The van der Waals surface area contributed by atoms with Gasteiger partial charge in [0.2, 0.25) is 10.0 Å². The monoisotopic (exact) mass is 332 g/mol. The molecule has 2 aromatic rings. The molecule has 0 radical (unpaired) electrons. The standard InChI is InChI=1S/C17H20N2O3S/c1-16(2)12-7-8-17(16,15(20)9-12)10-23(21,22)19-11-18-13-5-3-4-6-14(13)19/h3-6,11-12H,7-10H2,1-2H3/t12-,17-/m0/s1. The lowest BCUT2D eigenvalue weighted by atomic mass is 9.70. The summed E-state index contributed by atoms with van der Waals surface area (Å²) < 4.78 is 27.3. The van der Waals surface area contributed by atoms with Crippen LogP contribution in [0.15, 0.2) is 30.6 Å². The van der Waals surface area contributed by atoms with Crippen molar-refractivity contribution in [3.8, 4) is 0 Å². The molecule has 122 valence electrons. The Bertz CT molecular complexity index is 913. The zero-order chi connectivity index (χ0) is 16.5. The van der Waals surface area contributed by atoms with Crippen molar-refractivity contribution < 1.29 is 13.2 Å². The van der Waals surface area contributed by atoms with E-state index >= 15 is 0 Å². The lowest BCUT2D eigenvalue weighted by molar-refractivity contribution is -0.128. The summed E-state index contributed by atoms with van der Waals surface area (Å²) in [6.45, 7) is 4.11.